The van der Waals surface area contributed by atoms with Gasteiger partial charge in [0.15, 0.2) is 11.5 Å². The van der Waals surface area contributed by atoms with Gasteiger partial charge < -0.3 is 20.2 Å². The molecule has 0 saturated carbocycles. The molecule has 1 fully saturated rings. The number of carbonyl (C=O) groups excluding carboxylic acids is 1. The zero-order valence-corrected chi connectivity index (χ0v) is 17.0. The van der Waals surface area contributed by atoms with E-state index >= 15 is 0 Å². The molecule has 0 spiro atoms. The molecule has 2 bridgehead atoms. The minimum absolute atomic E-state index is 0.119. The van der Waals surface area contributed by atoms with E-state index in [0.717, 1.165) is 31.0 Å². The van der Waals surface area contributed by atoms with Gasteiger partial charge in [-0.25, -0.2) is 14.8 Å². The first-order chi connectivity index (χ1) is 13.5. The fourth-order valence-electron chi connectivity index (χ4n) is 3.02. The number of nitrogens with one attached hydrogen (secondary N) is 1. The van der Waals surface area contributed by atoms with Crippen LogP contribution in [0.25, 0.3) is 0 Å². The van der Waals surface area contributed by atoms with E-state index in [9.17, 15) is 9.59 Å². The lowest BCUT2D eigenvalue weighted by Crippen LogP contribution is -2.40. The fraction of sp³-hybridized carbons (Fsp3) is 0.368. The number of carboxylic acids is 1. The van der Waals surface area contributed by atoms with Crippen molar-refractivity contribution in [3.05, 3.63) is 42.2 Å². The molecule has 1 saturated heterocycles. The number of likely N-dealkylation sites (N-methyl/N-ethyl adjacent to an activating group) is 1. The molecule has 0 radical (unpaired) electrons. The Morgan fingerprint density at radius 2 is 2.07 bits per heavy atom. The molecule has 1 amide bonds. The number of hydrogen-bond acceptors (Lipinski definition) is 7. The van der Waals surface area contributed by atoms with Gasteiger partial charge >= 0.3 is 5.97 Å². The third kappa shape index (κ3) is 5.35. The van der Waals surface area contributed by atoms with Crippen LogP contribution in [0.5, 0.6) is 0 Å². The molecule has 9 heteroatoms. The van der Waals surface area contributed by atoms with Gasteiger partial charge in [0.05, 0.1) is 5.69 Å². The number of rotatable bonds is 3. The van der Waals surface area contributed by atoms with Gasteiger partial charge in [0.2, 0.25) is 6.41 Å². The zero-order chi connectivity index (χ0) is 20.5. The van der Waals surface area contributed by atoms with Gasteiger partial charge in [0.25, 0.3) is 0 Å². The van der Waals surface area contributed by atoms with Crippen molar-refractivity contribution in [1.29, 1.82) is 0 Å². The van der Waals surface area contributed by atoms with Crippen LogP contribution < -0.4 is 15.1 Å². The summed E-state index contributed by atoms with van der Waals surface area (Å²) in [5.74, 6) is 0.408. The minimum Gasteiger partial charge on any atom is -0.477 e. The third-order valence-electron chi connectivity index (χ3n) is 4.33. The van der Waals surface area contributed by atoms with E-state index < -0.39 is 5.97 Å². The minimum atomic E-state index is -0.968. The summed E-state index contributed by atoms with van der Waals surface area (Å²) in [5.41, 5.74) is 1.18. The van der Waals surface area contributed by atoms with Crippen LogP contribution in [-0.2, 0) is 4.79 Å². The summed E-state index contributed by atoms with van der Waals surface area (Å²) in [6.45, 7) is 2.06. The normalized spacial score (nSPS) is 16.0. The summed E-state index contributed by atoms with van der Waals surface area (Å²) >= 11 is 1.75. The van der Waals surface area contributed by atoms with Crippen molar-refractivity contribution >= 4 is 41.5 Å². The maximum Gasteiger partial charge on any atom is 0.354 e. The highest BCUT2D eigenvalue weighted by atomic mass is 32.2. The molecule has 2 N–H and O–H groups in total. The van der Waals surface area contributed by atoms with Crippen molar-refractivity contribution in [1.82, 2.24) is 9.97 Å². The lowest BCUT2D eigenvalue weighted by atomic mass is 10.2. The van der Waals surface area contributed by atoms with Crippen molar-refractivity contribution in [3.63, 3.8) is 0 Å². The smallest absolute Gasteiger partial charge is 0.354 e. The van der Waals surface area contributed by atoms with Gasteiger partial charge in [0.1, 0.15) is 5.82 Å². The Kier molecular flexibility index (Phi) is 8.06. The van der Waals surface area contributed by atoms with Crippen LogP contribution in [0.4, 0.5) is 17.3 Å². The first kappa shape index (κ1) is 21.5. The number of thioether (sulfide) groups is 1. The summed E-state index contributed by atoms with van der Waals surface area (Å²) in [5, 5.41) is 11.3. The zero-order valence-electron chi connectivity index (χ0n) is 16.2. The predicted molar refractivity (Wildman–Crippen MR) is 114 cm³/mol. The molecular weight excluding hydrogens is 378 g/mol. The molecule has 2 aromatic heterocycles. The number of nitrogens with zero attached hydrogens (tertiary/aromatic N) is 4. The number of carboxylic acid groups (broad SMARTS) is 1. The molecule has 0 aromatic carbocycles. The van der Waals surface area contributed by atoms with Crippen LogP contribution in [0, 0.1) is 0 Å². The molecule has 1 unspecified atom stereocenters. The topological polar surface area (TPSA) is 98.7 Å². The lowest BCUT2D eigenvalue weighted by molar-refractivity contribution is -0.105. The second kappa shape index (κ2) is 10.5. The summed E-state index contributed by atoms with van der Waals surface area (Å²) in [4.78, 5) is 33.1. The van der Waals surface area contributed by atoms with E-state index in [-0.39, 0.29) is 5.69 Å². The molecule has 1 atom stereocenters. The van der Waals surface area contributed by atoms with E-state index in [0.29, 0.717) is 18.3 Å². The predicted octanol–water partition coefficient (Wildman–Crippen LogP) is 2.44. The van der Waals surface area contributed by atoms with E-state index in [1.807, 2.05) is 25.6 Å². The van der Waals surface area contributed by atoms with Crippen LogP contribution in [0.1, 0.15) is 16.9 Å². The SMILES string of the molecule is CN1c2nc(C(=O)O)ccc2N2CCC1C2.CSC.O=CNc1ccccn1. The number of hydrogen-bond donors (Lipinski definition) is 2. The van der Waals surface area contributed by atoms with Gasteiger partial charge in [-0.3, -0.25) is 4.79 Å². The van der Waals surface area contributed by atoms with Crippen molar-refractivity contribution < 1.29 is 14.7 Å². The van der Waals surface area contributed by atoms with Crippen molar-refractivity contribution in [2.24, 2.45) is 0 Å². The molecular formula is C19H25N5O3S. The highest BCUT2D eigenvalue weighted by molar-refractivity contribution is 7.97. The van der Waals surface area contributed by atoms with Crippen LogP contribution in [0.3, 0.4) is 0 Å². The Hall–Kier alpha value is -2.81. The molecule has 28 heavy (non-hydrogen) atoms. The molecule has 2 aromatic rings. The average Bonchev–Trinajstić information content (AvgIpc) is 3.14. The monoisotopic (exact) mass is 403 g/mol. The van der Waals surface area contributed by atoms with Crippen LogP contribution in [0.2, 0.25) is 0 Å². The van der Waals surface area contributed by atoms with Gasteiger partial charge in [-0.1, -0.05) is 6.07 Å². The number of fused-ring (bicyclic) bond motifs is 4. The Morgan fingerprint density at radius 3 is 2.68 bits per heavy atom. The molecule has 4 heterocycles. The summed E-state index contributed by atoms with van der Waals surface area (Å²) < 4.78 is 0. The number of anilines is 3. The standard InChI is InChI=1S/C11H13N3O2.C6H6N2O.C2H6S/c1-13-7-4-5-14(6-7)9-3-2-8(11(15)16)12-10(9)13;9-5-8-6-3-1-2-4-7-6;1-3-2/h2-3,7H,4-6H2,1H3,(H,15,16);1-5H,(H,7,8,9);1-2H3. The molecule has 8 nitrogen and oxygen atoms in total. The van der Waals surface area contributed by atoms with Crippen LogP contribution >= 0.6 is 11.8 Å². The van der Waals surface area contributed by atoms with Crippen molar-refractivity contribution in [3.8, 4) is 0 Å². The highest BCUT2D eigenvalue weighted by Crippen LogP contribution is 2.37. The van der Waals surface area contributed by atoms with E-state index in [1.165, 1.54) is 0 Å². The number of carbonyl (C=O) groups is 2. The largest absolute Gasteiger partial charge is 0.477 e. The average molecular weight is 404 g/mol. The van der Waals surface area contributed by atoms with Crippen LogP contribution in [0.15, 0.2) is 36.5 Å². The number of aromatic carboxylic acids is 1. The maximum absolute atomic E-state index is 10.9. The van der Waals surface area contributed by atoms with Crippen molar-refractivity contribution in [2.45, 2.75) is 12.5 Å². The second-order valence-corrected chi connectivity index (χ2v) is 7.05. The molecule has 4 rings (SSSR count). The fourth-order valence-corrected chi connectivity index (χ4v) is 3.02. The van der Waals surface area contributed by atoms with Gasteiger partial charge in [-0.05, 0) is 43.2 Å². The second-order valence-electron chi connectivity index (χ2n) is 6.23. The number of pyridine rings is 2. The van der Waals surface area contributed by atoms with Crippen molar-refractivity contribution in [2.75, 3.05) is 47.8 Å². The Bertz CT molecular complexity index is 790. The maximum atomic E-state index is 10.9. The summed E-state index contributed by atoms with van der Waals surface area (Å²) in [6.07, 6.45) is 7.42. The van der Waals surface area contributed by atoms with E-state index in [4.69, 9.17) is 5.11 Å². The van der Waals surface area contributed by atoms with Gasteiger partial charge in [0, 0.05) is 32.4 Å². The Labute approximate surface area is 169 Å². The van der Waals surface area contributed by atoms with Gasteiger partial charge in [-0.2, -0.15) is 11.8 Å². The summed E-state index contributed by atoms with van der Waals surface area (Å²) in [6, 6.07) is 9.23. The molecule has 2 aliphatic rings. The number of amides is 1. The van der Waals surface area contributed by atoms with E-state index in [2.05, 4.69) is 25.1 Å². The Morgan fingerprint density at radius 1 is 1.32 bits per heavy atom. The lowest BCUT2D eigenvalue weighted by Gasteiger charge is -2.34. The first-order valence-electron chi connectivity index (χ1n) is 8.75. The summed E-state index contributed by atoms with van der Waals surface area (Å²) in [7, 11) is 1.99. The quantitative estimate of drug-likeness (QED) is 0.754. The highest BCUT2D eigenvalue weighted by Gasteiger charge is 2.35. The first-order valence-corrected chi connectivity index (χ1v) is 10.4. The van der Waals surface area contributed by atoms with Crippen LogP contribution in [-0.4, -0.2) is 66.1 Å². The molecule has 2 aliphatic heterocycles. The molecule has 0 aliphatic carbocycles. The van der Waals surface area contributed by atoms with E-state index in [1.54, 1.807) is 42.2 Å². The third-order valence-corrected chi connectivity index (χ3v) is 4.33. The Balaban J connectivity index is 0.000000199. The molecule has 150 valence electrons. The van der Waals surface area contributed by atoms with Gasteiger partial charge in [-0.15, -0.1) is 0 Å². The number of aromatic nitrogens is 2.